The summed E-state index contributed by atoms with van der Waals surface area (Å²) in [6.45, 7) is 4.87. The Morgan fingerprint density at radius 1 is 0.364 bits per heavy atom. The summed E-state index contributed by atoms with van der Waals surface area (Å²) in [6, 6.07) is -0.624. The lowest BCUT2D eigenvalue weighted by Crippen LogP contribution is -2.45. The van der Waals surface area contributed by atoms with Crippen LogP contribution < -0.4 is 5.32 Å². The van der Waals surface area contributed by atoms with Gasteiger partial charge in [0.2, 0.25) is 5.91 Å². The molecule has 0 heterocycles. The number of amides is 1. The van der Waals surface area contributed by atoms with Crippen LogP contribution in [-0.4, -0.2) is 47.4 Å². The van der Waals surface area contributed by atoms with Gasteiger partial charge in [-0.1, -0.05) is 313 Å². The Bertz CT molecular complexity index is 1290. The average Bonchev–Trinajstić information content (AvgIpc) is 3.43. The molecular formula is C71H133NO5. The molecule has 0 aliphatic carbocycles. The Morgan fingerprint density at radius 3 is 1.03 bits per heavy atom. The number of ether oxygens (including phenoxy) is 1. The molecule has 2 unspecified atom stereocenters. The molecular weight excluding hydrogens is 947 g/mol. The van der Waals surface area contributed by atoms with Crippen LogP contribution in [-0.2, 0) is 14.3 Å². The van der Waals surface area contributed by atoms with Gasteiger partial charge in [0, 0.05) is 12.8 Å². The smallest absolute Gasteiger partial charge is 0.305 e. The number of hydrogen-bond acceptors (Lipinski definition) is 5. The van der Waals surface area contributed by atoms with E-state index < -0.39 is 12.1 Å². The SMILES string of the molecule is CCCCC/C=C\C/C=C\CCCCCCCCCCCC(=O)OCCCCCCCCCCCCCC/C=C\CCCCCCCCCCCCCCCCCCC(=O)NC(CO)C(O)/C=C/CCCCCCCCC. The van der Waals surface area contributed by atoms with E-state index in [-0.39, 0.29) is 18.5 Å². The van der Waals surface area contributed by atoms with Crippen molar-refractivity contribution < 1.29 is 24.5 Å². The number of hydrogen-bond donors (Lipinski definition) is 3. The van der Waals surface area contributed by atoms with Crippen molar-refractivity contribution in [3.8, 4) is 0 Å². The van der Waals surface area contributed by atoms with Crippen molar-refractivity contribution in [2.24, 2.45) is 0 Å². The second-order valence-electron chi connectivity index (χ2n) is 23.5. The third-order valence-electron chi connectivity index (χ3n) is 15.8. The molecule has 2 atom stereocenters. The van der Waals surface area contributed by atoms with Crippen molar-refractivity contribution in [1.29, 1.82) is 0 Å². The highest BCUT2D eigenvalue weighted by molar-refractivity contribution is 5.76. The Hall–Kier alpha value is -2.18. The van der Waals surface area contributed by atoms with E-state index in [4.69, 9.17) is 4.74 Å². The second-order valence-corrected chi connectivity index (χ2v) is 23.5. The molecule has 0 saturated carbocycles. The minimum absolute atomic E-state index is 0.0141. The van der Waals surface area contributed by atoms with Crippen LogP contribution in [0, 0.1) is 0 Å². The molecule has 0 aromatic carbocycles. The van der Waals surface area contributed by atoms with Crippen LogP contribution in [0.5, 0.6) is 0 Å². The van der Waals surface area contributed by atoms with Gasteiger partial charge in [0.05, 0.1) is 25.4 Å². The van der Waals surface area contributed by atoms with Gasteiger partial charge in [-0.25, -0.2) is 0 Å². The third-order valence-corrected chi connectivity index (χ3v) is 15.8. The van der Waals surface area contributed by atoms with Crippen LogP contribution in [0.3, 0.4) is 0 Å². The molecule has 6 heteroatoms. The minimum Gasteiger partial charge on any atom is -0.466 e. The van der Waals surface area contributed by atoms with Crippen LogP contribution in [0.1, 0.15) is 367 Å². The molecule has 0 aromatic rings. The molecule has 0 aromatic heterocycles. The highest BCUT2D eigenvalue weighted by Crippen LogP contribution is 2.18. The van der Waals surface area contributed by atoms with E-state index in [9.17, 15) is 19.8 Å². The molecule has 0 radical (unpaired) electrons. The lowest BCUT2D eigenvalue weighted by atomic mass is 10.0. The molecule has 6 nitrogen and oxygen atoms in total. The van der Waals surface area contributed by atoms with E-state index in [1.54, 1.807) is 6.08 Å². The Morgan fingerprint density at radius 2 is 0.649 bits per heavy atom. The molecule has 0 fully saturated rings. The summed E-state index contributed by atoms with van der Waals surface area (Å²) in [5.74, 6) is -0.0533. The molecule has 1 amide bonds. The van der Waals surface area contributed by atoms with E-state index in [1.165, 1.54) is 289 Å². The molecule has 452 valence electrons. The van der Waals surface area contributed by atoms with Crippen LogP contribution >= 0.6 is 0 Å². The molecule has 3 N–H and O–H groups in total. The molecule has 0 rings (SSSR count). The Kier molecular flexibility index (Phi) is 64.5. The zero-order valence-corrected chi connectivity index (χ0v) is 51.7. The summed E-state index contributed by atoms with van der Waals surface area (Å²) in [6.07, 6.45) is 86.3. The Labute approximate surface area is 480 Å². The monoisotopic (exact) mass is 1080 g/mol. The first kappa shape index (κ1) is 74.8. The molecule has 0 spiro atoms. The van der Waals surface area contributed by atoms with Gasteiger partial charge in [-0.05, 0) is 89.9 Å². The maximum Gasteiger partial charge on any atom is 0.305 e. The van der Waals surface area contributed by atoms with Crippen LogP contribution in [0.4, 0.5) is 0 Å². The summed E-state index contributed by atoms with van der Waals surface area (Å²) in [7, 11) is 0. The standard InChI is InChI=1S/C71H133NO5/c1-3-5-7-9-11-13-14-15-16-17-32-36-39-42-45-49-53-57-61-65-71(76)77-66-62-58-54-50-46-43-40-37-34-31-29-27-25-23-21-19-18-20-22-24-26-28-30-33-35-38-41-44-48-52-56-60-64-70(75)72-68(67-73)69(74)63-59-55-51-47-12-10-8-6-4-2/h11,13,15-16,21,23,59,63,68-69,73-74H,3-10,12,14,17-20,22,24-58,60-62,64-67H2,1-2H3,(H,72,75)/b13-11-,16-15-,23-21-,63-59+. The minimum atomic E-state index is -0.840. The van der Waals surface area contributed by atoms with Gasteiger partial charge in [0.15, 0.2) is 0 Å². The van der Waals surface area contributed by atoms with E-state index >= 15 is 0 Å². The predicted octanol–water partition coefficient (Wildman–Crippen LogP) is 22.1. The van der Waals surface area contributed by atoms with Crippen LogP contribution in [0.15, 0.2) is 48.6 Å². The summed E-state index contributed by atoms with van der Waals surface area (Å²) in [4.78, 5) is 24.5. The molecule has 0 saturated heterocycles. The number of carbonyl (C=O) groups is 2. The molecule has 0 bridgehead atoms. The van der Waals surface area contributed by atoms with Crippen molar-refractivity contribution in [1.82, 2.24) is 5.32 Å². The number of allylic oxidation sites excluding steroid dienone is 7. The van der Waals surface area contributed by atoms with Crippen molar-refractivity contribution in [3.63, 3.8) is 0 Å². The summed E-state index contributed by atoms with van der Waals surface area (Å²) in [5.41, 5.74) is 0. The molecule has 0 aliphatic heterocycles. The summed E-state index contributed by atoms with van der Waals surface area (Å²) < 4.78 is 5.51. The van der Waals surface area contributed by atoms with Gasteiger partial charge in [-0.2, -0.15) is 0 Å². The Balaban J connectivity index is 3.33. The third kappa shape index (κ3) is 62.9. The first-order valence-electron chi connectivity index (χ1n) is 34.4. The van der Waals surface area contributed by atoms with E-state index in [0.29, 0.717) is 19.4 Å². The van der Waals surface area contributed by atoms with Crippen molar-refractivity contribution in [3.05, 3.63) is 48.6 Å². The quantitative estimate of drug-likeness (QED) is 0.0320. The van der Waals surface area contributed by atoms with Gasteiger partial charge in [-0.15, -0.1) is 0 Å². The fourth-order valence-electron chi connectivity index (χ4n) is 10.5. The maximum atomic E-state index is 12.4. The summed E-state index contributed by atoms with van der Waals surface area (Å²) in [5, 5.41) is 23.0. The highest BCUT2D eigenvalue weighted by Gasteiger charge is 2.18. The zero-order valence-electron chi connectivity index (χ0n) is 51.7. The normalized spacial score (nSPS) is 12.8. The lowest BCUT2D eigenvalue weighted by molar-refractivity contribution is -0.143. The van der Waals surface area contributed by atoms with Crippen LogP contribution in [0.25, 0.3) is 0 Å². The van der Waals surface area contributed by atoms with Crippen molar-refractivity contribution >= 4 is 11.9 Å². The largest absolute Gasteiger partial charge is 0.466 e. The topological polar surface area (TPSA) is 95.9 Å². The maximum absolute atomic E-state index is 12.4. The molecule has 0 aliphatic rings. The number of carbonyl (C=O) groups excluding carboxylic acids is 2. The lowest BCUT2D eigenvalue weighted by Gasteiger charge is -2.20. The first-order valence-corrected chi connectivity index (χ1v) is 34.4. The number of unbranched alkanes of at least 4 members (excludes halogenated alkanes) is 47. The zero-order chi connectivity index (χ0) is 55.7. The van der Waals surface area contributed by atoms with Crippen molar-refractivity contribution in [2.45, 2.75) is 379 Å². The van der Waals surface area contributed by atoms with Crippen molar-refractivity contribution in [2.75, 3.05) is 13.2 Å². The van der Waals surface area contributed by atoms with Gasteiger partial charge in [0.25, 0.3) is 0 Å². The van der Waals surface area contributed by atoms with E-state index in [1.807, 2.05) is 6.08 Å². The van der Waals surface area contributed by atoms with Crippen LogP contribution in [0.2, 0.25) is 0 Å². The average molecular weight is 1080 g/mol. The van der Waals surface area contributed by atoms with E-state index in [0.717, 1.165) is 51.4 Å². The predicted molar refractivity (Wildman–Crippen MR) is 338 cm³/mol. The number of esters is 1. The first-order chi connectivity index (χ1) is 38.0. The molecule has 77 heavy (non-hydrogen) atoms. The fraction of sp³-hybridized carbons (Fsp3) is 0.859. The number of rotatable bonds is 64. The van der Waals surface area contributed by atoms with Gasteiger partial charge < -0.3 is 20.3 Å². The number of aliphatic hydroxyl groups excluding tert-OH is 2. The fourth-order valence-corrected chi connectivity index (χ4v) is 10.5. The van der Waals surface area contributed by atoms with E-state index in [2.05, 4.69) is 55.6 Å². The van der Waals surface area contributed by atoms with Gasteiger partial charge in [-0.3, -0.25) is 9.59 Å². The van der Waals surface area contributed by atoms with Gasteiger partial charge in [0.1, 0.15) is 0 Å². The number of nitrogens with one attached hydrogen (secondary N) is 1. The second kappa shape index (κ2) is 66.3. The highest BCUT2D eigenvalue weighted by atomic mass is 16.5. The van der Waals surface area contributed by atoms with Gasteiger partial charge >= 0.3 is 5.97 Å². The summed E-state index contributed by atoms with van der Waals surface area (Å²) >= 11 is 0. The number of aliphatic hydroxyl groups is 2.